The van der Waals surface area contributed by atoms with Gasteiger partial charge in [0.2, 0.25) is 0 Å². The van der Waals surface area contributed by atoms with Gasteiger partial charge in [0.05, 0.1) is 0 Å². The Morgan fingerprint density at radius 3 is 2.35 bits per heavy atom. The molecule has 0 N–H and O–H groups in total. The second-order valence-electron chi connectivity index (χ2n) is 5.40. The van der Waals surface area contributed by atoms with Crippen LogP contribution in [0.2, 0.25) is 0 Å². The van der Waals surface area contributed by atoms with Crippen LogP contribution in [-0.4, -0.2) is 13.9 Å². The summed E-state index contributed by atoms with van der Waals surface area (Å²) in [5.74, 6) is 0.288. The lowest BCUT2D eigenvalue weighted by atomic mass is 9.88. The van der Waals surface area contributed by atoms with E-state index in [1.54, 1.807) is 6.07 Å². The molecule has 2 atom stereocenters. The highest BCUT2D eigenvalue weighted by Gasteiger charge is 2.50. The summed E-state index contributed by atoms with van der Waals surface area (Å²) in [4.78, 5) is 0. The van der Waals surface area contributed by atoms with Crippen molar-refractivity contribution in [2.24, 2.45) is 0 Å². The summed E-state index contributed by atoms with van der Waals surface area (Å²) in [7, 11) is -5.60. The van der Waals surface area contributed by atoms with Gasteiger partial charge in [-0.1, -0.05) is 6.07 Å². The molecule has 110 valence electrons. The van der Waals surface area contributed by atoms with Crippen LogP contribution >= 0.6 is 0 Å². The van der Waals surface area contributed by atoms with E-state index in [9.17, 15) is 21.6 Å². The van der Waals surface area contributed by atoms with Crippen molar-refractivity contribution in [2.75, 3.05) is 0 Å². The largest absolute Gasteiger partial charge is 0.534 e. The van der Waals surface area contributed by atoms with E-state index in [1.807, 2.05) is 6.92 Å². The van der Waals surface area contributed by atoms with Crippen molar-refractivity contribution in [3.63, 3.8) is 0 Å². The highest BCUT2D eigenvalue weighted by molar-refractivity contribution is 7.88. The Hall–Kier alpha value is -1.24. The Bertz CT molecular complexity index is 664. The molecule has 2 bridgehead atoms. The van der Waals surface area contributed by atoms with E-state index in [0.717, 1.165) is 30.4 Å². The second kappa shape index (κ2) is 4.13. The molecule has 1 saturated carbocycles. The molecule has 0 aliphatic heterocycles. The third kappa shape index (κ3) is 1.90. The number of alkyl halides is 3. The zero-order valence-corrected chi connectivity index (χ0v) is 11.5. The average Bonchev–Trinajstić information content (AvgIpc) is 2.92. The molecular weight excluding hydrogens is 293 g/mol. The van der Waals surface area contributed by atoms with Gasteiger partial charge in [-0.25, -0.2) is 0 Å². The van der Waals surface area contributed by atoms with Crippen LogP contribution in [0.1, 0.15) is 47.8 Å². The minimum atomic E-state index is -5.60. The average molecular weight is 306 g/mol. The van der Waals surface area contributed by atoms with Crippen molar-refractivity contribution in [3.8, 4) is 5.75 Å². The number of benzene rings is 1. The zero-order chi connectivity index (χ0) is 14.7. The molecule has 0 radical (unpaired) electrons. The Balaban J connectivity index is 2.06. The second-order valence-corrected chi connectivity index (χ2v) is 6.94. The summed E-state index contributed by atoms with van der Waals surface area (Å²) >= 11 is 0. The van der Waals surface area contributed by atoms with Crippen molar-refractivity contribution < 1.29 is 25.8 Å². The van der Waals surface area contributed by atoms with Gasteiger partial charge >= 0.3 is 15.6 Å². The maximum absolute atomic E-state index is 12.4. The lowest BCUT2D eigenvalue weighted by molar-refractivity contribution is -0.0500. The highest BCUT2D eigenvalue weighted by atomic mass is 32.2. The molecule has 7 heteroatoms. The topological polar surface area (TPSA) is 43.4 Å². The number of halogens is 3. The first-order valence-electron chi connectivity index (χ1n) is 6.35. The lowest BCUT2D eigenvalue weighted by Gasteiger charge is -2.21. The molecule has 0 saturated heterocycles. The number of aryl methyl sites for hydroxylation is 1. The number of hydrogen-bond acceptors (Lipinski definition) is 3. The smallest absolute Gasteiger partial charge is 0.376 e. The maximum atomic E-state index is 12.4. The van der Waals surface area contributed by atoms with Crippen LogP contribution in [0.4, 0.5) is 13.2 Å². The zero-order valence-electron chi connectivity index (χ0n) is 10.7. The minimum absolute atomic E-state index is 0.119. The molecular formula is C13H13F3O3S. The van der Waals surface area contributed by atoms with Crippen molar-refractivity contribution in [2.45, 2.75) is 43.5 Å². The van der Waals surface area contributed by atoms with E-state index in [4.69, 9.17) is 0 Å². The van der Waals surface area contributed by atoms with Gasteiger partial charge in [-0.15, -0.1) is 0 Å². The van der Waals surface area contributed by atoms with E-state index in [2.05, 4.69) is 4.18 Å². The molecule has 0 amide bonds. The molecule has 3 rings (SSSR count). The van der Waals surface area contributed by atoms with Gasteiger partial charge in [0, 0.05) is 5.56 Å². The number of fused-ring (bicyclic) bond motifs is 5. The van der Waals surface area contributed by atoms with Crippen LogP contribution in [-0.2, 0) is 10.1 Å². The van der Waals surface area contributed by atoms with Crippen molar-refractivity contribution in [3.05, 3.63) is 28.8 Å². The van der Waals surface area contributed by atoms with Crippen LogP contribution in [0, 0.1) is 6.92 Å². The van der Waals surface area contributed by atoms with E-state index in [-0.39, 0.29) is 11.7 Å². The monoisotopic (exact) mass is 306 g/mol. The van der Waals surface area contributed by atoms with Crippen LogP contribution in [0.25, 0.3) is 0 Å². The summed E-state index contributed by atoms with van der Waals surface area (Å²) in [5, 5.41) is 0. The normalized spacial score (nSPS) is 24.8. The SMILES string of the molecule is Cc1ccc(OS(=O)(=O)C(F)(F)F)c2c1C1CCC2C1. The first kappa shape index (κ1) is 13.7. The summed E-state index contributed by atoms with van der Waals surface area (Å²) in [5.41, 5.74) is -2.77. The number of rotatable bonds is 2. The van der Waals surface area contributed by atoms with Crippen LogP contribution in [0.5, 0.6) is 5.75 Å². The molecule has 1 aromatic carbocycles. The van der Waals surface area contributed by atoms with Crippen LogP contribution in [0.3, 0.4) is 0 Å². The standard InChI is InChI=1S/C13H13F3O3S/c1-7-2-5-10(19-20(17,18)13(14,15)16)12-9-4-3-8(6-9)11(7)12/h2,5,8-9H,3-4,6H2,1H3. The molecule has 1 aromatic rings. The van der Waals surface area contributed by atoms with E-state index in [1.165, 1.54) is 6.07 Å². The molecule has 2 aliphatic rings. The first-order valence-corrected chi connectivity index (χ1v) is 7.75. The molecule has 2 unspecified atom stereocenters. The molecule has 3 nitrogen and oxygen atoms in total. The maximum Gasteiger partial charge on any atom is 0.534 e. The van der Waals surface area contributed by atoms with E-state index >= 15 is 0 Å². The Labute approximate surface area is 114 Å². The van der Waals surface area contributed by atoms with Gasteiger partial charge in [0.25, 0.3) is 0 Å². The fraction of sp³-hybridized carbons (Fsp3) is 0.538. The first-order chi connectivity index (χ1) is 9.21. The van der Waals surface area contributed by atoms with E-state index in [0.29, 0.717) is 11.5 Å². The predicted octanol–water partition coefficient (Wildman–Crippen LogP) is 3.59. The summed E-state index contributed by atoms with van der Waals surface area (Å²) in [6.45, 7) is 1.89. The van der Waals surface area contributed by atoms with Crippen molar-refractivity contribution >= 4 is 10.1 Å². The molecule has 20 heavy (non-hydrogen) atoms. The fourth-order valence-corrected chi connectivity index (χ4v) is 3.91. The third-order valence-electron chi connectivity index (χ3n) is 4.20. The molecule has 0 spiro atoms. The van der Waals surface area contributed by atoms with Crippen LogP contribution < -0.4 is 4.18 Å². The number of hydrogen-bond donors (Lipinski definition) is 0. The fourth-order valence-electron chi connectivity index (χ4n) is 3.43. The Morgan fingerprint density at radius 2 is 1.75 bits per heavy atom. The van der Waals surface area contributed by atoms with Crippen LogP contribution in [0.15, 0.2) is 12.1 Å². The Kier molecular flexibility index (Phi) is 2.83. The third-order valence-corrected chi connectivity index (χ3v) is 5.16. The Morgan fingerprint density at radius 1 is 1.15 bits per heavy atom. The van der Waals surface area contributed by atoms with Gasteiger partial charge in [-0.3, -0.25) is 0 Å². The molecule has 1 fully saturated rings. The van der Waals surface area contributed by atoms with Gasteiger partial charge in [-0.05, 0) is 55.2 Å². The van der Waals surface area contributed by atoms with Crippen molar-refractivity contribution in [1.82, 2.24) is 0 Å². The lowest BCUT2D eigenvalue weighted by Crippen LogP contribution is -2.28. The summed E-state index contributed by atoms with van der Waals surface area (Å²) < 4.78 is 64.0. The van der Waals surface area contributed by atoms with E-state index < -0.39 is 15.6 Å². The van der Waals surface area contributed by atoms with Gasteiger partial charge < -0.3 is 4.18 Å². The molecule has 2 aliphatic carbocycles. The van der Waals surface area contributed by atoms with Gasteiger partial charge in [0.15, 0.2) is 0 Å². The van der Waals surface area contributed by atoms with Crippen molar-refractivity contribution in [1.29, 1.82) is 0 Å². The predicted molar refractivity (Wildman–Crippen MR) is 66.1 cm³/mol. The minimum Gasteiger partial charge on any atom is -0.376 e. The summed E-state index contributed by atoms with van der Waals surface area (Å²) in [6.07, 6.45) is 2.76. The van der Waals surface area contributed by atoms with Gasteiger partial charge in [0.1, 0.15) is 5.75 Å². The summed E-state index contributed by atoms with van der Waals surface area (Å²) in [6, 6.07) is 2.96. The molecule has 0 heterocycles. The van der Waals surface area contributed by atoms with Gasteiger partial charge in [-0.2, -0.15) is 21.6 Å². The molecule has 0 aromatic heterocycles. The highest BCUT2D eigenvalue weighted by Crippen LogP contribution is 2.57. The quantitative estimate of drug-likeness (QED) is 0.619.